The van der Waals surface area contributed by atoms with Crippen LogP contribution in [0.1, 0.15) is 5.56 Å². The van der Waals surface area contributed by atoms with Crippen LogP contribution in [0.2, 0.25) is 0 Å². The van der Waals surface area contributed by atoms with Gasteiger partial charge in [-0.05, 0) is 12.0 Å². The molecule has 5 nitrogen and oxygen atoms in total. The molecule has 0 bridgehead atoms. The summed E-state index contributed by atoms with van der Waals surface area (Å²) in [6.07, 6.45) is 0.643. The standard InChI is InChI=1S/C12H15N2O3/c15-12(16)11-8-14(17)10(7-13-11)6-9-4-2-1-3-5-9/h1-5,10-11,13H,6-8H2,(H,15,16)/q-1/t10-,11-/m1/s1. The fraction of sp³-hybridized carbons (Fsp3) is 0.417. The van der Waals surface area contributed by atoms with E-state index >= 15 is 0 Å². The maximum Gasteiger partial charge on any atom is 0.321 e. The average Bonchev–Trinajstić information content (AvgIpc) is 2.33. The van der Waals surface area contributed by atoms with E-state index in [2.05, 4.69) is 5.32 Å². The number of carboxylic acid groups (broad SMARTS) is 1. The molecule has 1 aromatic carbocycles. The first-order valence-electron chi connectivity index (χ1n) is 5.60. The molecule has 5 heteroatoms. The van der Waals surface area contributed by atoms with E-state index in [1.807, 2.05) is 30.3 Å². The van der Waals surface area contributed by atoms with Gasteiger partial charge in [0.05, 0.1) is 0 Å². The molecule has 2 atom stereocenters. The van der Waals surface area contributed by atoms with Gasteiger partial charge in [0.1, 0.15) is 6.04 Å². The number of benzene rings is 1. The van der Waals surface area contributed by atoms with E-state index in [1.165, 1.54) is 0 Å². The summed E-state index contributed by atoms with van der Waals surface area (Å²) in [5, 5.41) is 24.3. The summed E-state index contributed by atoms with van der Waals surface area (Å²) in [6, 6.07) is 8.79. The van der Waals surface area contributed by atoms with Gasteiger partial charge < -0.3 is 20.7 Å². The van der Waals surface area contributed by atoms with E-state index in [9.17, 15) is 10.0 Å². The second-order valence-electron chi connectivity index (χ2n) is 4.24. The largest absolute Gasteiger partial charge is 0.785 e. The van der Waals surface area contributed by atoms with Crippen molar-refractivity contribution >= 4 is 5.97 Å². The van der Waals surface area contributed by atoms with E-state index in [-0.39, 0.29) is 12.6 Å². The summed E-state index contributed by atoms with van der Waals surface area (Å²) < 4.78 is 0. The van der Waals surface area contributed by atoms with Crippen molar-refractivity contribution in [3.63, 3.8) is 0 Å². The Balaban J connectivity index is 1.94. The Morgan fingerprint density at radius 2 is 2.18 bits per heavy atom. The van der Waals surface area contributed by atoms with E-state index in [0.717, 1.165) is 10.6 Å². The third-order valence-electron chi connectivity index (χ3n) is 2.98. The zero-order valence-corrected chi connectivity index (χ0v) is 9.37. The lowest BCUT2D eigenvalue weighted by Crippen LogP contribution is -2.57. The SMILES string of the molecule is O=C(O)[C@H]1CN([O-])[C@H](Cc2ccccc2)CN1. The number of carboxylic acids is 1. The molecule has 17 heavy (non-hydrogen) atoms. The Hall–Kier alpha value is -1.43. The molecule has 0 unspecified atom stereocenters. The first-order chi connectivity index (χ1) is 8.16. The summed E-state index contributed by atoms with van der Waals surface area (Å²) >= 11 is 0. The molecule has 1 heterocycles. The monoisotopic (exact) mass is 235 g/mol. The first kappa shape index (κ1) is 12.0. The fourth-order valence-electron chi connectivity index (χ4n) is 2.00. The minimum atomic E-state index is -0.969. The van der Waals surface area contributed by atoms with Gasteiger partial charge in [0.15, 0.2) is 0 Å². The molecule has 0 amide bonds. The summed E-state index contributed by atoms with van der Waals surface area (Å²) in [5.74, 6) is -0.969. The number of carbonyl (C=O) groups is 1. The van der Waals surface area contributed by atoms with Gasteiger partial charge in [0, 0.05) is 19.1 Å². The van der Waals surface area contributed by atoms with Crippen LogP contribution < -0.4 is 5.32 Å². The lowest BCUT2D eigenvalue weighted by Gasteiger charge is -2.43. The fourth-order valence-corrected chi connectivity index (χ4v) is 2.00. The number of hydroxylamine groups is 2. The predicted molar refractivity (Wildman–Crippen MR) is 63.4 cm³/mol. The van der Waals surface area contributed by atoms with Crippen molar-refractivity contribution in [3.05, 3.63) is 41.1 Å². The minimum Gasteiger partial charge on any atom is -0.785 e. The molecule has 0 aromatic heterocycles. The van der Waals surface area contributed by atoms with Crippen LogP contribution in [0, 0.1) is 5.21 Å². The van der Waals surface area contributed by atoms with Gasteiger partial charge >= 0.3 is 5.97 Å². The lowest BCUT2D eigenvalue weighted by molar-refractivity contribution is -0.140. The topological polar surface area (TPSA) is 75.6 Å². The Morgan fingerprint density at radius 3 is 2.76 bits per heavy atom. The maximum absolute atomic E-state index is 11.7. The predicted octanol–water partition coefficient (Wildman–Crippen LogP) is 0.454. The highest BCUT2D eigenvalue weighted by molar-refractivity contribution is 5.73. The number of aliphatic carboxylic acids is 1. The van der Waals surface area contributed by atoms with Crippen molar-refractivity contribution in [1.29, 1.82) is 0 Å². The van der Waals surface area contributed by atoms with Crippen LogP contribution in [0.15, 0.2) is 30.3 Å². The number of piperazine rings is 1. The van der Waals surface area contributed by atoms with Gasteiger partial charge in [-0.1, -0.05) is 30.3 Å². The second kappa shape index (κ2) is 5.27. The molecular formula is C12H15N2O3-. The highest BCUT2D eigenvalue weighted by Gasteiger charge is 2.26. The zero-order chi connectivity index (χ0) is 12.3. The van der Waals surface area contributed by atoms with Gasteiger partial charge in [0.2, 0.25) is 0 Å². The third-order valence-corrected chi connectivity index (χ3v) is 2.98. The molecule has 92 valence electrons. The molecule has 0 radical (unpaired) electrons. The van der Waals surface area contributed by atoms with Crippen molar-refractivity contribution in [1.82, 2.24) is 10.4 Å². The van der Waals surface area contributed by atoms with E-state index in [0.29, 0.717) is 13.0 Å². The third kappa shape index (κ3) is 3.03. The highest BCUT2D eigenvalue weighted by Crippen LogP contribution is 2.12. The van der Waals surface area contributed by atoms with Crippen LogP contribution in [0.3, 0.4) is 0 Å². The molecular weight excluding hydrogens is 220 g/mol. The molecule has 0 saturated carbocycles. The van der Waals surface area contributed by atoms with E-state index < -0.39 is 12.0 Å². The van der Waals surface area contributed by atoms with Crippen molar-refractivity contribution in [3.8, 4) is 0 Å². The quantitative estimate of drug-likeness (QED) is 0.795. The Kier molecular flexibility index (Phi) is 3.73. The Bertz CT molecular complexity index is 383. The van der Waals surface area contributed by atoms with Crippen LogP contribution in [0.25, 0.3) is 0 Å². The molecule has 0 spiro atoms. The van der Waals surface area contributed by atoms with Crippen LogP contribution in [-0.2, 0) is 11.2 Å². The summed E-state index contributed by atoms with van der Waals surface area (Å²) in [6.45, 7) is 0.419. The Morgan fingerprint density at radius 1 is 1.47 bits per heavy atom. The van der Waals surface area contributed by atoms with Crippen molar-refractivity contribution < 1.29 is 9.90 Å². The number of rotatable bonds is 3. The van der Waals surface area contributed by atoms with Crippen molar-refractivity contribution in [2.45, 2.75) is 18.5 Å². The Labute approximate surface area is 99.6 Å². The first-order valence-corrected chi connectivity index (χ1v) is 5.60. The molecule has 2 rings (SSSR count). The van der Waals surface area contributed by atoms with Crippen LogP contribution in [0.5, 0.6) is 0 Å². The smallest absolute Gasteiger partial charge is 0.321 e. The lowest BCUT2D eigenvalue weighted by atomic mass is 10.0. The molecule has 2 N–H and O–H groups in total. The minimum absolute atomic E-state index is 0.00678. The van der Waals surface area contributed by atoms with Gasteiger partial charge in [-0.3, -0.25) is 4.79 Å². The number of nitrogens with one attached hydrogen (secondary N) is 1. The van der Waals surface area contributed by atoms with Gasteiger partial charge in [-0.2, -0.15) is 0 Å². The molecule has 1 aliphatic heterocycles. The normalized spacial score (nSPS) is 25.7. The molecule has 1 saturated heterocycles. The van der Waals surface area contributed by atoms with Crippen LogP contribution in [0.4, 0.5) is 0 Å². The molecule has 1 aromatic rings. The molecule has 1 aliphatic rings. The van der Waals surface area contributed by atoms with Gasteiger partial charge in [0.25, 0.3) is 0 Å². The molecule has 0 aliphatic carbocycles. The van der Waals surface area contributed by atoms with Crippen molar-refractivity contribution in [2.24, 2.45) is 0 Å². The average molecular weight is 235 g/mol. The van der Waals surface area contributed by atoms with Crippen LogP contribution in [-0.4, -0.2) is 41.3 Å². The summed E-state index contributed by atoms with van der Waals surface area (Å²) in [7, 11) is 0. The summed E-state index contributed by atoms with van der Waals surface area (Å²) in [4.78, 5) is 10.7. The van der Waals surface area contributed by atoms with Gasteiger partial charge in [-0.15, -0.1) is 0 Å². The maximum atomic E-state index is 11.7. The van der Waals surface area contributed by atoms with E-state index in [1.54, 1.807) is 0 Å². The highest BCUT2D eigenvalue weighted by atomic mass is 16.5. The number of nitrogens with zero attached hydrogens (tertiary/aromatic N) is 1. The van der Waals surface area contributed by atoms with Gasteiger partial charge in [-0.25, -0.2) is 0 Å². The van der Waals surface area contributed by atoms with E-state index in [4.69, 9.17) is 5.11 Å². The van der Waals surface area contributed by atoms with Crippen LogP contribution >= 0.6 is 0 Å². The number of hydrogen-bond acceptors (Lipinski definition) is 4. The summed E-state index contributed by atoms with van der Waals surface area (Å²) in [5.41, 5.74) is 1.09. The molecule has 1 fully saturated rings. The second-order valence-corrected chi connectivity index (χ2v) is 4.24. The zero-order valence-electron chi connectivity index (χ0n) is 9.37. The van der Waals surface area contributed by atoms with Crippen molar-refractivity contribution in [2.75, 3.05) is 13.1 Å². The number of hydrogen-bond donors (Lipinski definition) is 2.